The van der Waals surface area contributed by atoms with Crippen LogP contribution in [0.2, 0.25) is 5.02 Å². The van der Waals surface area contributed by atoms with E-state index in [2.05, 4.69) is 4.98 Å². The quantitative estimate of drug-likeness (QED) is 0.578. The summed E-state index contributed by atoms with van der Waals surface area (Å²) < 4.78 is 13.2. The molecule has 0 radical (unpaired) electrons. The number of aryl methyl sites for hydroxylation is 1. The van der Waals surface area contributed by atoms with E-state index < -0.39 is 11.9 Å². The predicted octanol–water partition coefficient (Wildman–Crippen LogP) is 5.43. The summed E-state index contributed by atoms with van der Waals surface area (Å²) in [5, 5.41) is 22.4. The highest BCUT2D eigenvalue weighted by Gasteiger charge is 2.20. The van der Waals surface area contributed by atoms with Crippen LogP contribution < -0.4 is 0 Å². The molecule has 0 saturated heterocycles. The lowest BCUT2D eigenvalue weighted by molar-refractivity contribution is 0.210. The van der Waals surface area contributed by atoms with Crippen molar-refractivity contribution in [2.75, 3.05) is 0 Å². The van der Waals surface area contributed by atoms with Crippen LogP contribution in [0.3, 0.4) is 0 Å². The largest absolute Gasteiger partial charge is 0.507 e. The average Bonchev–Trinajstić information content (AvgIpc) is 2.68. The predicted molar refractivity (Wildman–Crippen MR) is 105 cm³/mol. The highest BCUT2D eigenvalue weighted by Crippen LogP contribution is 2.31. The Morgan fingerprint density at radius 3 is 2.52 bits per heavy atom. The van der Waals surface area contributed by atoms with Gasteiger partial charge in [0.2, 0.25) is 0 Å². The van der Waals surface area contributed by atoms with Gasteiger partial charge in [0.1, 0.15) is 17.7 Å². The maximum Gasteiger partial charge on any atom is 0.125 e. The Bertz CT molecular complexity index is 956. The molecule has 0 aliphatic heterocycles. The minimum Gasteiger partial charge on any atom is -0.507 e. The molecule has 0 saturated carbocycles. The van der Waals surface area contributed by atoms with E-state index in [0.29, 0.717) is 28.1 Å². The van der Waals surface area contributed by atoms with E-state index in [4.69, 9.17) is 11.6 Å². The molecule has 0 aliphatic carbocycles. The Hall–Kier alpha value is -2.69. The molecule has 2 aromatic carbocycles. The van der Waals surface area contributed by atoms with Crippen molar-refractivity contribution in [2.24, 2.45) is 0 Å². The highest BCUT2D eigenvalue weighted by molar-refractivity contribution is 6.30. The minimum absolute atomic E-state index is 0.0827. The molecule has 5 heteroatoms. The molecular formula is C22H19ClFNO2. The van der Waals surface area contributed by atoms with Gasteiger partial charge in [-0.1, -0.05) is 23.7 Å². The smallest absolute Gasteiger partial charge is 0.125 e. The van der Waals surface area contributed by atoms with E-state index in [1.807, 2.05) is 19.1 Å². The number of halogens is 2. The van der Waals surface area contributed by atoms with Crippen molar-refractivity contribution in [1.29, 1.82) is 0 Å². The fourth-order valence-electron chi connectivity index (χ4n) is 2.90. The Morgan fingerprint density at radius 2 is 1.89 bits per heavy atom. The van der Waals surface area contributed by atoms with Crippen LogP contribution in [0.25, 0.3) is 5.76 Å². The Morgan fingerprint density at radius 1 is 1.15 bits per heavy atom. The number of hydrogen-bond acceptors (Lipinski definition) is 3. The molecule has 27 heavy (non-hydrogen) atoms. The monoisotopic (exact) mass is 383 g/mol. The van der Waals surface area contributed by atoms with E-state index in [9.17, 15) is 14.6 Å². The Labute approximate surface area is 162 Å². The van der Waals surface area contributed by atoms with Crippen molar-refractivity contribution in [2.45, 2.75) is 19.4 Å². The SMILES string of the molecule is Cc1cc(Cl)ccc1C/C(=C(\O)c1ccc(F)cc1)C(O)c1cccnc1. The van der Waals surface area contributed by atoms with Crippen LogP contribution in [0.1, 0.15) is 28.4 Å². The van der Waals surface area contributed by atoms with E-state index in [-0.39, 0.29) is 5.76 Å². The summed E-state index contributed by atoms with van der Waals surface area (Å²) in [6, 6.07) is 14.4. The Kier molecular flexibility index (Phi) is 5.89. The number of aromatic nitrogens is 1. The number of rotatable bonds is 5. The molecule has 1 atom stereocenters. The van der Waals surface area contributed by atoms with Crippen molar-refractivity contribution in [3.8, 4) is 0 Å². The fourth-order valence-corrected chi connectivity index (χ4v) is 3.13. The summed E-state index contributed by atoms with van der Waals surface area (Å²) in [5.41, 5.74) is 3.27. The van der Waals surface area contributed by atoms with Crippen LogP contribution >= 0.6 is 11.6 Å². The molecule has 0 bridgehead atoms. The number of aliphatic hydroxyl groups excluding tert-OH is 2. The van der Waals surface area contributed by atoms with Gasteiger partial charge in [-0.3, -0.25) is 4.98 Å². The number of aliphatic hydroxyl groups is 2. The maximum atomic E-state index is 13.2. The van der Waals surface area contributed by atoms with Gasteiger partial charge in [-0.05, 0) is 60.5 Å². The second-order valence-corrected chi connectivity index (χ2v) is 6.75. The molecule has 3 rings (SSSR count). The molecule has 1 heterocycles. The van der Waals surface area contributed by atoms with E-state index >= 15 is 0 Å². The van der Waals surface area contributed by atoms with Crippen LogP contribution in [-0.4, -0.2) is 15.2 Å². The summed E-state index contributed by atoms with van der Waals surface area (Å²) in [5.74, 6) is -0.477. The maximum absolute atomic E-state index is 13.2. The lowest BCUT2D eigenvalue weighted by atomic mass is 9.91. The third-order valence-electron chi connectivity index (χ3n) is 4.44. The zero-order chi connectivity index (χ0) is 19.4. The first-order chi connectivity index (χ1) is 13.0. The van der Waals surface area contributed by atoms with Gasteiger partial charge in [0, 0.05) is 40.5 Å². The number of hydrogen-bond donors (Lipinski definition) is 2. The standard InChI is InChI=1S/C22H19ClFNO2/c1-14-11-18(23)7-4-16(14)12-20(22(27)17-3-2-10-25-13-17)21(26)15-5-8-19(24)9-6-15/h2-11,13,22,26-27H,12H2,1H3/b21-20+. The minimum atomic E-state index is -1.06. The number of nitrogens with zero attached hydrogens (tertiary/aromatic N) is 1. The van der Waals surface area contributed by atoms with Crippen LogP contribution in [0, 0.1) is 12.7 Å². The van der Waals surface area contributed by atoms with Crippen LogP contribution in [0.5, 0.6) is 0 Å². The molecule has 0 fully saturated rings. The molecule has 2 N–H and O–H groups in total. The molecule has 138 valence electrons. The normalized spacial score (nSPS) is 13.2. The summed E-state index contributed by atoms with van der Waals surface area (Å²) in [7, 11) is 0. The first-order valence-electron chi connectivity index (χ1n) is 8.46. The molecule has 1 aromatic heterocycles. The Balaban J connectivity index is 2.08. The molecule has 3 aromatic rings. The first kappa shape index (κ1) is 19.1. The van der Waals surface area contributed by atoms with Gasteiger partial charge in [-0.25, -0.2) is 4.39 Å². The van der Waals surface area contributed by atoms with Gasteiger partial charge >= 0.3 is 0 Å². The summed E-state index contributed by atoms with van der Waals surface area (Å²) in [6.45, 7) is 1.92. The van der Waals surface area contributed by atoms with Gasteiger partial charge < -0.3 is 10.2 Å². The summed E-state index contributed by atoms with van der Waals surface area (Å²) >= 11 is 6.03. The number of benzene rings is 2. The van der Waals surface area contributed by atoms with Gasteiger partial charge in [0.05, 0.1) is 0 Å². The van der Waals surface area contributed by atoms with Gasteiger partial charge in [-0.15, -0.1) is 0 Å². The van der Waals surface area contributed by atoms with E-state index in [1.165, 1.54) is 24.3 Å². The summed E-state index contributed by atoms with van der Waals surface area (Å²) in [6.07, 6.45) is 2.42. The van der Waals surface area contributed by atoms with Crippen molar-refractivity contribution >= 4 is 17.4 Å². The van der Waals surface area contributed by atoms with Crippen molar-refractivity contribution < 1.29 is 14.6 Å². The zero-order valence-corrected chi connectivity index (χ0v) is 15.5. The topological polar surface area (TPSA) is 53.4 Å². The van der Waals surface area contributed by atoms with Crippen molar-refractivity contribution in [3.05, 3.63) is 106 Å². The molecule has 0 spiro atoms. The lowest BCUT2D eigenvalue weighted by Gasteiger charge is -2.19. The molecule has 0 amide bonds. The van der Waals surface area contributed by atoms with Gasteiger partial charge in [0.25, 0.3) is 0 Å². The molecule has 1 unspecified atom stereocenters. The lowest BCUT2D eigenvalue weighted by Crippen LogP contribution is -2.09. The summed E-state index contributed by atoms with van der Waals surface area (Å²) in [4.78, 5) is 4.04. The molecule has 3 nitrogen and oxygen atoms in total. The number of pyridine rings is 1. The fraction of sp³-hybridized carbons (Fsp3) is 0.136. The zero-order valence-electron chi connectivity index (χ0n) is 14.7. The van der Waals surface area contributed by atoms with E-state index in [0.717, 1.165) is 11.1 Å². The highest BCUT2D eigenvalue weighted by atomic mass is 35.5. The average molecular weight is 384 g/mol. The van der Waals surface area contributed by atoms with Gasteiger partial charge in [-0.2, -0.15) is 0 Å². The second kappa shape index (κ2) is 8.33. The van der Waals surface area contributed by atoms with Crippen molar-refractivity contribution in [1.82, 2.24) is 4.98 Å². The third-order valence-corrected chi connectivity index (χ3v) is 4.67. The van der Waals surface area contributed by atoms with Crippen LogP contribution in [0.15, 0.2) is 72.6 Å². The third kappa shape index (κ3) is 4.54. The van der Waals surface area contributed by atoms with E-state index in [1.54, 1.807) is 30.6 Å². The van der Waals surface area contributed by atoms with Crippen LogP contribution in [0.4, 0.5) is 4.39 Å². The van der Waals surface area contributed by atoms with Gasteiger partial charge in [0.15, 0.2) is 0 Å². The second-order valence-electron chi connectivity index (χ2n) is 6.32. The molecular weight excluding hydrogens is 365 g/mol. The van der Waals surface area contributed by atoms with Crippen LogP contribution in [-0.2, 0) is 6.42 Å². The first-order valence-corrected chi connectivity index (χ1v) is 8.84. The molecule has 0 aliphatic rings. The van der Waals surface area contributed by atoms with Crippen molar-refractivity contribution in [3.63, 3.8) is 0 Å².